The second kappa shape index (κ2) is 6.04. The third-order valence-corrected chi connectivity index (χ3v) is 4.53. The van der Waals surface area contributed by atoms with Gasteiger partial charge in [-0.2, -0.15) is 8.42 Å². The summed E-state index contributed by atoms with van der Waals surface area (Å²) in [5, 5.41) is -0.0595. The standard InChI is InChI=1S/C13H10Cl2N2O4S/c14-9-5-7(6-10(15)12(9)16)22(19,20)21-11-4-2-1-3-8(11)13(17)18/h1-6H,16H2,(H2,17,18). The lowest BCUT2D eigenvalue weighted by atomic mass is 10.2. The fraction of sp³-hybridized carbons (Fsp3) is 0. The molecule has 2 aromatic carbocycles. The Morgan fingerprint density at radius 2 is 1.64 bits per heavy atom. The molecule has 0 heterocycles. The van der Waals surface area contributed by atoms with Crippen molar-refractivity contribution in [2.45, 2.75) is 4.90 Å². The molecular weight excluding hydrogens is 351 g/mol. The Labute approximate surface area is 136 Å². The molecule has 0 aliphatic rings. The van der Waals surface area contributed by atoms with Crippen LogP contribution in [0, 0.1) is 0 Å². The maximum atomic E-state index is 12.3. The lowest BCUT2D eigenvalue weighted by Crippen LogP contribution is -2.16. The molecule has 0 fully saturated rings. The Balaban J connectivity index is 2.47. The topological polar surface area (TPSA) is 112 Å². The van der Waals surface area contributed by atoms with Crippen LogP contribution in [0.3, 0.4) is 0 Å². The lowest BCUT2D eigenvalue weighted by molar-refractivity contribution is 0.0999. The number of para-hydroxylation sites is 1. The zero-order chi connectivity index (χ0) is 16.5. The van der Waals surface area contributed by atoms with E-state index in [1.165, 1.54) is 24.3 Å². The number of primary amides is 1. The average Bonchev–Trinajstić information content (AvgIpc) is 2.44. The summed E-state index contributed by atoms with van der Waals surface area (Å²) in [5.41, 5.74) is 10.7. The molecule has 0 atom stereocenters. The molecule has 0 aliphatic heterocycles. The number of anilines is 1. The number of hydrogen-bond acceptors (Lipinski definition) is 5. The van der Waals surface area contributed by atoms with E-state index in [1.807, 2.05) is 0 Å². The predicted octanol–water partition coefficient (Wildman–Crippen LogP) is 2.44. The summed E-state index contributed by atoms with van der Waals surface area (Å²) >= 11 is 11.6. The molecule has 0 radical (unpaired) electrons. The third-order valence-electron chi connectivity index (χ3n) is 2.69. The molecule has 22 heavy (non-hydrogen) atoms. The fourth-order valence-corrected chi connectivity index (χ4v) is 3.23. The average molecular weight is 361 g/mol. The van der Waals surface area contributed by atoms with Crippen molar-refractivity contribution in [3.63, 3.8) is 0 Å². The van der Waals surface area contributed by atoms with Crippen LogP contribution in [-0.2, 0) is 10.1 Å². The van der Waals surface area contributed by atoms with Crippen LogP contribution in [0.25, 0.3) is 0 Å². The van der Waals surface area contributed by atoms with Crippen LogP contribution >= 0.6 is 23.2 Å². The smallest absolute Gasteiger partial charge is 0.339 e. The van der Waals surface area contributed by atoms with E-state index in [2.05, 4.69) is 0 Å². The van der Waals surface area contributed by atoms with Gasteiger partial charge in [0.15, 0.2) is 5.75 Å². The van der Waals surface area contributed by atoms with Gasteiger partial charge in [0, 0.05) is 0 Å². The van der Waals surface area contributed by atoms with Crippen molar-refractivity contribution in [2.24, 2.45) is 5.73 Å². The van der Waals surface area contributed by atoms with Crippen LogP contribution in [0.2, 0.25) is 10.0 Å². The molecule has 0 aromatic heterocycles. The summed E-state index contributed by atoms with van der Waals surface area (Å²) in [5.74, 6) is -1.02. The van der Waals surface area contributed by atoms with E-state index in [0.29, 0.717) is 0 Å². The van der Waals surface area contributed by atoms with Crippen molar-refractivity contribution < 1.29 is 17.4 Å². The highest BCUT2D eigenvalue weighted by Gasteiger charge is 2.22. The minimum absolute atomic E-state index is 0.0298. The zero-order valence-electron chi connectivity index (χ0n) is 10.9. The van der Waals surface area contributed by atoms with Crippen molar-refractivity contribution in [1.29, 1.82) is 0 Å². The summed E-state index contributed by atoms with van der Waals surface area (Å²) in [6.45, 7) is 0. The molecule has 2 aromatic rings. The number of rotatable bonds is 4. The number of hydrogen-bond donors (Lipinski definition) is 2. The molecular formula is C13H10Cl2N2O4S. The highest BCUT2D eigenvalue weighted by molar-refractivity contribution is 7.87. The monoisotopic (exact) mass is 360 g/mol. The molecule has 1 amide bonds. The van der Waals surface area contributed by atoms with E-state index < -0.39 is 16.0 Å². The van der Waals surface area contributed by atoms with Crippen molar-refractivity contribution in [3.05, 3.63) is 52.0 Å². The third kappa shape index (κ3) is 3.27. The first-order valence-corrected chi connectivity index (χ1v) is 7.96. The number of carbonyl (C=O) groups is 1. The molecule has 0 aliphatic carbocycles. The number of nitrogens with two attached hydrogens (primary N) is 2. The normalized spacial score (nSPS) is 11.2. The molecule has 0 saturated heterocycles. The summed E-state index contributed by atoms with van der Waals surface area (Å²) < 4.78 is 29.5. The molecule has 2 rings (SSSR count). The zero-order valence-corrected chi connectivity index (χ0v) is 13.2. The number of nitrogen functional groups attached to an aromatic ring is 1. The first kappa shape index (κ1) is 16.4. The van der Waals surface area contributed by atoms with Gasteiger partial charge in [0.05, 0.1) is 21.3 Å². The number of benzene rings is 2. The number of carbonyl (C=O) groups excluding carboxylic acids is 1. The van der Waals surface area contributed by atoms with E-state index in [4.69, 9.17) is 38.9 Å². The van der Waals surface area contributed by atoms with Gasteiger partial charge in [-0.25, -0.2) is 0 Å². The Morgan fingerprint density at radius 3 is 2.18 bits per heavy atom. The molecule has 0 bridgehead atoms. The molecule has 9 heteroatoms. The van der Waals surface area contributed by atoms with E-state index in [-0.39, 0.29) is 31.9 Å². The molecule has 0 spiro atoms. The van der Waals surface area contributed by atoms with Crippen LogP contribution < -0.4 is 15.7 Å². The maximum Gasteiger partial charge on any atom is 0.339 e. The van der Waals surface area contributed by atoms with Gasteiger partial charge < -0.3 is 15.7 Å². The van der Waals surface area contributed by atoms with Crippen molar-refractivity contribution in [3.8, 4) is 5.75 Å². The van der Waals surface area contributed by atoms with Crippen molar-refractivity contribution in [2.75, 3.05) is 5.73 Å². The van der Waals surface area contributed by atoms with Gasteiger partial charge in [0.1, 0.15) is 4.90 Å². The number of halogens is 2. The Kier molecular flexibility index (Phi) is 4.50. The van der Waals surface area contributed by atoms with Gasteiger partial charge in [-0.3, -0.25) is 4.79 Å². The van der Waals surface area contributed by atoms with Crippen LogP contribution in [0.15, 0.2) is 41.3 Å². The number of amides is 1. The summed E-state index contributed by atoms with van der Waals surface area (Å²) in [4.78, 5) is 11.0. The largest absolute Gasteiger partial charge is 0.396 e. The second-order valence-electron chi connectivity index (χ2n) is 4.20. The van der Waals surface area contributed by atoms with Crippen LogP contribution in [0.4, 0.5) is 5.69 Å². The van der Waals surface area contributed by atoms with Gasteiger partial charge in [-0.15, -0.1) is 0 Å². The molecule has 116 valence electrons. The van der Waals surface area contributed by atoms with Crippen LogP contribution in [-0.4, -0.2) is 14.3 Å². The van der Waals surface area contributed by atoms with Crippen LogP contribution in [0.5, 0.6) is 5.75 Å². The minimum Gasteiger partial charge on any atom is -0.396 e. The molecule has 4 N–H and O–H groups in total. The first-order valence-electron chi connectivity index (χ1n) is 5.80. The Hall–Kier alpha value is -1.96. The Bertz CT molecular complexity index is 830. The lowest BCUT2D eigenvalue weighted by Gasteiger charge is -2.11. The van der Waals surface area contributed by atoms with Crippen molar-refractivity contribution >= 4 is 44.9 Å². The quantitative estimate of drug-likeness (QED) is 0.642. The highest BCUT2D eigenvalue weighted by Crippen LogP contribution is 2.32. The van der Waals surface area contributed by atoms with Gasteiger partial charge in [0.25, 0.3) is 5.91 Å². The van der Waals surface area contributed by atoms with E-state index in [9.17, 15) is 13.2 Å². The molecule has 6 nitrogen and oxygen atoms in total. The van der Waals surface area contributed by atoms with Gasteiger partial charge in [0.2, 0.25) is 0 Å². The minimum atomic E-state index is -4.26. The van der Waals surface area contributed by atoms with Gasteiger partial charge in [-0.05, 0) is 24.3 Å². The summed E-state index contributed by atoms with van der Waals surface area (Å²) in [6, 6.07) is 7.88. The van der Waals surface area contributed by atoms with Crippen molar-refractivity contribution in [1.82, 2.24) is 0 Å². The summed E-state index contributed by atoms with van der Waals surface area (Å²) in [7, 11) is -4.26. The highest BCUT2D eigenvalue weighted by atomic mass is 35.5. The summed E-state index contributed by atoms with van der Waals surface area (Å²) in [6.07, 6.45) is 0. The predicted molar refractivity (Wildman–Crippen MR) is 83.6 cm³/mol. The van der Waals surface area contributed by atoms with Crippen LogP contribution in [0.1, 0.15) is 10.4 Å². The molecule has 0 unspecified atom stereocenters. The van der Waals surface area contributed by atoms with E-state index in [0.717, 1.165) is 12.1 Å². The SMILES string of the molecule is NC(=O)c1ccccc1OS(=O)(=O)c1cc(Cl)c(N)c(Cl)c1. The van der Waals surface area contributed by atoms with E-state index in [1.54, 1.807) is 0 Å². The Morgan fingerprint density at radius 1 is 1.09 bits per heavy atom. The molecule has 0 saturated carbocycles. The maximum absolute atomic E-state index is 12.3. The fourth-order valence-electron chi connectivity index (χ4n) is 1.61. The second-order valence-corrected chi connectivity index (χ2v) is 6.56. The van der Waals surface area contributed by atoms with Gasteiger partial charge >= 0.3 is 10.1 Å². The van der Waals surface area contributed by atoms with E-state index >= 15 is 0 Å². The van der Waals surface area contributed by atoms with Gasteiger partial charge in [-0.1, -0.05) is 35.3 Å². The first-order chi connectivity index (χ1) is 10.2.